The molecule has 0 amide bonds. The minimum Gasteiger partial charge on any atom is -0.508 e. The molecule has 0 saturated carbocycles. The van der Waals surface area contributed by atoms with Crippen LogP contribution in [0.1, 0.15) is 11.3 Å². The van der Waals surface area contributed by atoms with Gasteiger partial charge in [0.05, 0.1) is 0 Å². The van der Waals surface area contributed by atoms with E-state index in [9.17, 15) is 5.11 Å². The quantitative estimate of drug-likeness (QED) is 0.773. The predicted molar refractivity (Wildman–Crippen MR) is 87.6 cm³/mol. The molecule has 3 nitrogen and oxygen atoms in total. The molecule has 1 aromatic heterocycles. The zero-order valence-electron chi connectivity index (χ0n) is 12.1. The Labute approximate surface area is 123 Å². The summed E-state index contributed by atoms with van der Waals surface area (Å²) in [5.41, 5.74) is 3.06. The third-order valence-electron chi connectivity index (χ3n) is 3.37. The third-order valence-corrected chi connectivity index (χ3v) is 3.37. The highest BCUT2D eigenvalue weighted by atomic mass is 16.3. The SMILES string of the molecule is CN(C)c1ccc(C=Cc2cc3cc(O)ccc3o2)cc1. The van der Waals surface area contributed by atoms with Crippen LogP contribution in [0.4, 0.5) is 5.69 Å². The second-order valence-electron chi connectivity index (χ2n) is 5.19. The summed E-state index contributed by atoms with van der Waals surface area (Å²) < 4.78 is 5.70. The van der Waals surface area contributed by atoms with Crippen LogP contribution < -0.4 is 4.90 Å². The summed E-state index contributed by atoms with van der Waals surface area (Å²) >= 11 is 0. The van der Waals surface area contributed by atoms with E-state index in [1.807, 2.05) is 32.3 Å². The van der Waals surface area contributed by atoms with Gasteiger partial charge in [-0.15, -0.1) is 0 Å². The van der Waals surface area contributed by atoms with Gasteiger partial charge in [0.1, 0.15) is 17.1 Å². The van der Waals surface area contributed by atoms with Crippen LogP contribution >= 0.6 is 0 Å². The zero-order valence-corrected chi connectivity index (χ0v) is 12.1. The highest BCUT2D eigenvalue weighted by Gasteiger charge is 2.02. The van der Waals surface area contributed by atoms with Gasteiger partial charge in [-0.3, -0.25) is 0 Å². The summed E-state index contributed by atoms with van der Waals surface area (Å²) in [4.78, 5) is 2.07. The van der Waals surface area contributed by atoms with Gasteiger partial charge in [0.15, 0.2) is 0 Å². The first-order valence-electron chi connectivity index (χ1n) is 6.80. The maximum absolute atomic E-state index is 9.45. The Morgan fingerprint density at radius 2 is 1.71 bits per heavy atom. The van der Waals surface area contributed by atoms with Crippen LogP contribution in [0, 0.1) is 0 Å². The molecule has 0 radical (unpaired) electrons. The number of rotatable bonds is 3. The molecule has 2 aromatic carbocycles. The van der Waals surface area contributed by atoms with Crippen molar-refractivity contribution in [1.29, 1.82) is 0 Å². The molecular formula is C18H17NO2. The van der Waals surface area contributed by atoms with Crippen molar-refractivity contribution in [2.75, 3.05) is 19.0 Å². The maximum Gasteiger partial charge on any atom is 0.135 e. The number of fused-ring (bicyclic) bond motifs is 1. The molecule has 0 aliphatic carbocycles. The number of furan rings is 1. The molecule has 21 heavy (non-hydrogen) atoms. The molecule has 0 aliphatic rings. The van der Waals surface area contributed by atoms with Gasteiger partial charge in [-0.2, -0.15) is 0 Å². The van der Waals surface area contributed by atoms with Gasteiger partial charge in [0, 0.05) is 25.2 Å². The molecule has 3 aromatic rings. The van der Waals surface area contributed by atoms with Crippen LogP contribution in [0.5, 0.6) is 5.75 Å². The van der Waals surface area contributed by atoms with Gasteiger partial charge in [0.25, 0.3) is 0 Å². The van der Waals surface area contributed by atoms with Crippen LogP contribution in [0.25, 0.3) is 23.1 Å². The standard InChI is InChI=1S/C18H17NO2/c1-19(2)15-6-3-13(4-7-15)5-9-17-12-14-11-16(20)8-10-18(14)21-17/h3-12,20H,1-2H3. The minimum atomic E-state index is 0.248. The smallest absolute Gasteiger partial charge is 0.135 e. The Balaban J connectivity index is 1.83. The largest absolute Gasteiger partial charge is 0.508 e. The minimum absolute atomic E-state index is 0.248. The van der Waals surface area contributed by atoms with Gasteiger partial charge in [0.2, 0.25) is 0 Å². The van der Waals surface area contributed by atoms with Crippen molar-refractivity contribution in [2.45, 2.75) is 0 Å². The second-order valence-corrected chi connectivity index (χ2v) is 5.19. The molecule has 0 saturated heterocycles. The van der Waals surface area contributed by atoms with Crippen LogP contribution in [0.15, 0.2) is 52.9 Å². The van der Waals surface area contributed by atoms with Crippen molar-refractivity contribution in [3.05, 3.63) is 59.9 Å². The van der Waals surface area contributed by atoms with E-state index in [1.165, 1.54) is 5.69 Å². The molecule has 0 atom stereocenters. The van der Waals surface area contributed by atoms with Crippen molar-refractivity contribution in [3.63, 3.8) is 0 Å². The summed E-state index contributed by atoms with van der Waals surface area (Å²) in [5, 5.41) is 10.4. The van der Waals surface area contributed by atoms with E-state index >= 15 is 0 Å². The summed E-state index contributed by atoms with van der Waals surface area (Å²) in [7, 11) is 4.04. The predicted octanol–water partition coefficient (Wildman–Crippen LogP) is 4.37. The average molecular weight is 279 g/mol. The van der Waals surface area contributed by atoms with Crippen LogP contribution in [-0.4, -0.2) is 19.2 Å². The lowest BCUT2D eigenvalue weighted by atomic mass is 10.1. The van der Waals surface area contributed by atoms with Crippen molar-refractivity contribution < 1.29 is 9.52 Å². The van der Waals surface area contributed by atoms with Gasteiger partial charge in [-0.25, -0.2) is 0 Å². The molecule has 0 unspecified atom stereocenters. The zero-order chi connectivity index (χ0) is 14.8. The van der Waals surface area contributed by atoms with E-state index in [1.54, 1.807) is 18.2 Å². The monoisotopic (exact) mass is 279 g/mol. The van der Waals surface area contributed by atoms with E-state index in [2.05, 4.69) is 29.2 Å². The summed E-state index contributed by atoms with van der Waals surface area (Å²) in [6.45, 7) is 0. The van der Waals surface area contributed by atoms with Crippen molar-refractivity contribution in [3.8, 4) is 5.75 Å². The molecule has 0 spiro atoms. The Morgan fingerprint density at radius 1 is 0.952 bits per heavy atom. The highest BCUT2D eigenvalue weighted by Crippen LogP contribution is 2.24. The maximum atomic E-state index is 9.45. The lowest BCUT2D eigenvalue weighted by Crippen LogP contribution is -2.07. The van der Waals surface area contributed by atoms with Crippen LogP contribution in [0.3, 0.4) is 0 Å². The number of phenols is 1. The van der Waals surface area contributed by atoms with E-state index in [0.717, 1.165) is 22.3 Å². The number of anilines is 1. The lowest BCUT2D eigenvalue weighted by Gasteiger charge is -2.11. The molecule has 3 rings (SSSR count). The fourth-order valence-electron chi connectivity index (χ4n) is 2.20. The lowest BCUT2D eigenvalue weighted by molar-refractivity contribution is 0.476. The van der Waals surface area contributed by atoms with E-state index in [-0.39, 0.29) is 5.75 Å². The highest BCUT2D eigenvalue weighted by molar-refractivity contribution is 5.83. The van der Waals surface area contributed by atoms with Crippen molar-refractivity contribution in [1.82, 2.24) is 0 Å². The second kappa shape index (κ2) is 5.37. The summed E-state index contributed by atoms with van der Waals surface area (Å²) in [5.74, 6) is 1.02. The summed E-state index contributed by atoms with van der Waals surface area (Å²) in [6, 6.07) is 15.3. The Bertz CT molecular complexity index is 783. The number of nitrogens with zero attached hydrogens (tertiary/aromatic N) is 1. The number of benzene rings is 2. The molecule has 1 N–H and O–H groups in total. The normalized spacial score (nSPS) is 11.3. The molecule has 0 fully saturated rings. The Hall–Kier alpha value is -2.68. The van der Waals surface area contributed by atoms with Gasteiger partial charge < -0.3 is 14.4 Å². The molecule has 0 bridgehead atoms. The third kappa shape index (κ3) is 2.92. The number of hydrogen-bond donors (Lipinski definition) is 1. The number of aromatic hydroxyl groups is 1. The summed E-state index contributed by atoms with van der Waals surface area (Å²) in [6.07, 6.45) is 3.94. The van der Waals surface area contributed by atoms with E-state index in [0.29, 0.717) is 0 Å². The molecule has 106 valence electrons. The van der Waals surface area contributed by atoms with E-state index < -0.39 is 0 Å². The van der Waals surface area contributed by atoms with Crippen molar-refractivity contribution >= 4 is 28.8 Å². The first-order valence-corrected chi connectivity index (χ1v) is 6.80. The van der Waals surface area contributed by atoms with Gasteiger partial charge in [-0.1, -0.05) is 18.2 Å². The fraction of sp³-hybridized carbons (Fsp3) is 0.111. The van der Waals surface area contributed by atoms with Crippen LogP contribution in [-0.2, 0) is 0 Å². The molecule has 3 heteroatoms. The first-order chi connectivity index (χ1) is 10.1. The Kier molecular flexibility index (Phi) is 3.40. The fourth-order valence-corrected chi connectivity index (χ4v) is 2.20. The Morgan fingerprint density at radius 3 is 2.43 bits per heavy atom. The van der Waals surface area contributed by atoms with Crippen molar-refractivity contribution in [2.24, 2.45) is 0 Å². The number of phenolic OH excluding ortho intramolecular Hbond substituents is 1. The molecule has 1 heterocycles. The topological polar surface area (TPSA) is 36.6 Å². The molecule has 0 aliphatic heterocycles. The van der Waals surface area contributed by atoms with Gasteiger partial charge >= 0.3 is 0 Å². The average Bonchev–Trinajstić information content (AvgIpc) is 2.87. The van der Waals surface area contributed by atoms with E-state index in [4.69, 9.17) is 4.42 Å². The van der Waals surface area contributed by atoms with Gasteiger partial charge in [-0.05, 0) is 48.0 Å². The first kappa shape index (κ1) is 13.3. The molecular weight excluding hydrogens is 262 g/mol. The number of hydrogen-bond acceptors (Lipinski definition) is 3. The van der Waals surface area contributed by atoms with Crippen LogP contribution in [0.2, 0.25) is 0 Å².